The van der Waals surface area contributed by atoms with Gasteiger partial charge in [0.2, 0.25) is 0 Å². The van der Waals surface area contributed by atoms with Crippen LogP contribution < -0.4 is 0 Å². The van der Waals surface area contributed by atoms with Gasteiger partial charge in [-0.25, -0.2) is 0 Å². The van der Waals surface area contributed by atoms with Crippen molar-refractivity contribution in [1.82, 2.24) is 5.16 Å². The lowest BCUT2D eigenvalue weighted by Crippen LogP contribution is -1.85. The molecule has 0 saturated heterocycles. The van der Waals surface area contributed by atoms with Crippen LogP contribution >= 0.6 is 0 Å². The minimum Gasteiger partial charge on any atom is -0.361 e. The van der Waals surface area contributed by atoms with E-state index in [-0.39, 0.29) is 0 Å². The Labute approximate surface area is 96.3 Å². The van der Waals surface area contributed by atoms with E-state index in [0.717, 1.165) is 23.4 Å². The molecule has 0 amide bonds. The van der Waals surface area contributed by atoms with E-state index in [1.807, 2.05) is 13.8 Å². The van der Waals surface area contributed by atoms with E-state index in [0.29, 0.717) is 0 Å². The van der Waals surface area contributed by atoms with Gasteiger partial charge in [0.25, 0.3) is 0 Å². The quantitative estimate of drug-likeness (QED) is 0.775. The number of nitrogens with zero attached hydrogens (tertiary/aromatic N) is 1. The summed E-state index contributed by atoms with van der Waals surface area (Å²) in [6, 6.07) is 8.67. The van der Waals surface area contributed by atoms with Gasteiger partial charge < -0.3 is 4.52 Å². The van der Waals surface area contributed by atoms with Crippen LogP contribution in [-0.4, -0.2) is 5.16 Å². The van der Waals surface area contributed by atoms with Crippen LogP contribution in [0, 0.1) is 13.8 Å². The molecule has 0 saturated carbocycles. The first-order chi connectivity index (χ1) is 7.72. The molecule has 0 aliphatic heterocycles. The third kappa shape index (κ3) is 2.01. The Morgan fingerprint density at radius 1 is 1.12 bits per heavy atom. The van der Waals surface area contributed by atoms with Gasteiger partial charge in [-0.15, -0.1) is 0 Å². The molecule has 0 radical (unpaired) electrons. The molecule has 1 aromatic carbocycles. The standard InChI is InChI=1S/C14H17NO/c1-4-5-12-6-8-13(9-7-12)14-10(2)15-16-11(14)3/h6-9H,4-5H2,1-3H3. The maximum absolute atomic E-state index is 5.18. The molecule has 2 aromatic rings. The van der Waals surface area contributed by atoms with Crippen LogP contribution in [0.15, 0.2) is 28.8 Å². The largest absolute Gasteiger partial charge is 0.361 e. The fourth-order valence-corrected chi connectivity index (χ4v) is 2.02. The Balaban J connectivity index is 2.35. The monoisotopic (exact) mass is 215 g/mol. The first-order valence-corrected chi connectivity index (χ1v) is 5.74. The number of hydrogen-bond donors (Lipinski definition) is 0. The molecule has 0 spiro atoms. The predicted octanol–water partition coefficient (Wildman–Crippen LogP) is 3.91. The van der Waals surface area contributed by atoms with E-state index in [4.69, 9.17) is 4.52 Å². The number of rotatable bonds is 3. The molecule has 0 fully saturated rings. The highest BCUT2D eigenvalue weighted by atomic mass is 16.5. The number of benzene rings is 1. The third-order valence-corrected chi connectivity index (χ3v) is 2.81. The first-order valence-electron chi connectivity index (χ1n) is 5.74. The number of aromatic nitrogens is 1. The summed E-state index contributed by atoms with van der Waals surface area (Å²) in [4.78, 5) is 0. The van der Waals surface area contributed by atoms with Crippen LogP contribution in [0.2, 0.25) is 0 Å². The highest BCUT2D eigenvalue weighted by Gasteiger charge is 2.10. The Kier molecular flexibility index (Phi) is 3.09. The van der Waals surface area contributed by atoms with Crippen molar-refractivity contribution in [2.24, 2.45) is 0 Å². The zero-order valence-corrected chi connectivity index (χ0v) is 10.1. The highest BCUT2D eigenvalue weighted by Crippen LogP contribution is 2.26. The molecule has 0 bridgehead atoms. The van der Waals surface area contributed by atoms with Gasteiger partial charge >= 0.3 is 0 Å². The zero-order valence-electron chi connectivity index (χ0n) is 10.1. The van der Waals surface area contributed by atoms with Crippen LogP contribution in [0.25, 0.3) is 11.1 Å². The molecule has 0 N–H and O–H groups in total. The first kappa shape index (κ1) is 10.9. The van der Waals surface area contributed by atoms with Gasteiger partial charge in [-0.1, -0.05) is 42.8 Å². The summed E-state index contributed by atoms with van der Waals surface area (Å²) < 4.78 is 5.18. The minimum absolute atomic E-state index is 0.890. The van der Waals surface area contributed by atoms with Crippen LogP contribution in [0.3, 0.4) is 0 Å². The summed E-state index contributed by atoms with van der Waals surface area (Å²) in [6.45, 7) is 6.13. The van der Waals surface area contributed by atoms with E-state index >= 15 is 0 Å². The molecular weight excluding hydrogens is 198 g/mol. The molecule has 16 heavy (non-hydrogen) atoms. The minimum atomic E-state index is 0.890. The van der Waals surface area contributed by atoms with E-state index < -0.39 is 0 Å². The van der Waals surface area contributed by atoms with Gasteiger partial charge in [-0.2, -0.15) is 0 Å². The second-order valence-electron chi connectivity index (χ2n) is 4.15. The van der Waals surface area contributed by atoms with E-state index in [9.17, 15) is 0 Å². The molecule has 0 aliphatic carbocycles. The molecule has 1 heterocycles. The number of hydrogen-bond acceptors (Lipinski definition) is 2. The molecule has 2 nitrogen and oxygen atoms in total. The van der Waals surface area contributed by atoms with Gasteiger partial charge in [-0.3, -0.25) is 0 Å². The van der Waals surface area contributed by atoms with Crippen molar-refractivity contribution >= 4 is 0 Å². The van der Waals surface area contributed by atoms with E-state index in [2.05, 4.69) is 36.3 Å². The van der Waals surface area contributed by atoms with Crippen molar-refractivity contribution in [2.45, 2.75) is 33.6 Å². The zero-order chi connectivity index (χ0) is 11.5. The average Bonchev–Trinajstić information content (AvgIpc) is 2.61. The average molecular weight is 215 g/mol. The maximum Gasteiger partial charge on any atom is 0.141 e. The normalized spacial score (nSPS) is 10.7. The lowest BCUT2D eigenvalue weighted by Gasteiger charge is -2.02. The summed E-state index contributed by atoms with van der Waals surface area (Å²) in [5.74, 6) is 0.890. The molecule has 0 unspecified atom stereocenters. The third-order valence-electron chi connectivity index (χ3n) is 2.81. The summed E-state index contributed by atoms with van der Waals surface area (Å²) >= 11 is 0. The summed E-state index contributed by atoms with van der Waals surface area (Å²) in [5.41, 5.74) is 4.66. The van der Waals surface area contributed by atoms with Gasteiger partial charge in [0.1, 0.15) is 5.76 Å². The van der Waals surface area contributed by atoms with E-state index in [1.54, 1.807) is 0 Å². The topological polar surface area (TPSA) is 26.0 Å². The second-order valence-corrected chi connectivity index (χ2v) is 4.15. The van der Waals surface area contributed by atoms with E-state index in [1.165, 1.54) is 17.5 Å². The molecular formula is C14H17NO. The predicted molar refractivity (Wildman–Crippen MR) is 65.4 cm³/mol. The highest BCUT2D eigenvalue weighted by molar-refractivity contribution is 5.67. The fraction of sp³-hybridized carbons (Fsp3) is 0.357. The second kappa shape index (κ2) is 4.52. The smallest absolute Gasteiger partial charge is 0.141 e. The maximum atomic E-state index is 5.18. The van der Waals surface area contributed by atoms with Crippen LogP contribution in [0.4, 0.5) is 0 Å². The van der Waals surface area contributed by atoms with Gasteiger partial charge in [0.15, 0.2) is 0 Å². The Morgan fingerprint density at radius 2 is 1.81 bits per heavy atom. The SMILES string of the molecule is CCCc1ccc(-c2c(C)noc2C)cc1. The van der Waals surface area contributed by atoms with Crippen LogP contribution in [0.1, 0.15) is 30.4 Å². The lowest BCUT2D eigenvalue weighted by atomic mass is 10.0. The Morgan fingerprint density at radius 3 is 2.31 bits per heavy atom. The summed E-state index contributed by atoms with van der Waals surface area (Å²) in [7, 11) is 0. The number of aryl methyl sites for hydroxylation is 3. The lowest BCUT2D eigenvalue weighted by molar-refractivity contribution is 0.393. The van der Waals surface area contributed by atoms with Crippen molar-refractivity contribution in [1.29, 1.82) is 0 Å². The van der Waals surface area contributed by atoms with Crippen molar-refractivity contribution in [3.05, 3.63) is 41.3 Å². The summed E-state index contributed by atoms with van der Waals surface area (Å²) in [5, 5.41) is 3.98. The van der Waals surface area contributed by atoms with Crippen molar-refractivity contribution in [2.75, 3.05) is 0 Å². The Bertz CT molecular complexity index is 448. The van der Waals surface area contributed by atoms with Gasteiger partial charge in [0.05, 0.1) is 5.69 Å². The summed E-state index contributed by atoms with van der Waals surface area (Å²) in [6.07, 6.45) is 2.33. The van der Waals surface area contributed by atoms with Crippen LogP contribution in [-0.2, 0) is 6.42 Å². The Hall–Kier alpha value is -1.57. The van der Waals surface area contributed by atoms with Crippen molar-refractivity contribution in [3.63, 3.8) is 0 Å². The van der Waals surface area contributed by atoms with Crippen molar-refractivity contribution < 1.29 is 4.52 Å². The molecule has 84 valence electrons. The van der Waals surface area contributed by atoms with Crippen LogP contribution in [0.5, 0.6) is 0 Å². The van der Waals surface area contributed by atoms with Crippen molar-refractivity contribution in [3.8, 4) is 11.1 Å². The molecule has 0 aliphatic rings. The fourth-order valence-electron chi connectivity index (χ4n) is 2.02. The molecule has 0 atom stereocenters. The molecule has 1 aromatic heterocycles. The van der Waals surface area contributed by atoms with Gasteiger partial charge in [-0.05, 0) is 31.4 Å². The van der Waals surface area contributed by atoms with Gasteiger partial charge in [0, 0.05) is 5.56 Å². The molecule has 2 rings (SSSR count). The molecule has 2 heteroatoms.